The second kappa shape index (κ2) is 7.30. The molecule has 2 unspecified atom stereocenters. The van der Waals surface area contributed by atoms with Crippen molar-refractivity contribution < 1.29 is 24.2 Å². The highest BCUT2D eigenvalue weighted by molar-refractivity contribution is 5.83. The maximum atomic E-state index is 11.6. The highest BCUT2D eigenvalue weighted by Gasteiger charge is 2.29. The number of hydrogen-bond donors (Lipinski definition) is 2. The van der Waals surface area contributed by atoms with Gasteiger partial charge in [0, 0.05) is 20.0 Å². The fourth-order valence-electron chi connectivity index (χ4n) is 1.90. The molecule has 0 aliphatic carbocycles. The van der Waals surface area contributed by atoms with E-state index in [9.17, 15) is 14.7 Å². The monoisotopic (exact) mass is 260 g/mol. The third kappa shape index (κ3) is 4.25. The molecule has 7 heteroatoms. The van der Waals surface area contributed by atoms with E-state index in [1.165, 1.54) is 14.0 Å². The lowest BCUT2D eigenvalue weighted by Gasteiger charge is -2.36. The van der Waals surface area contributed by atoms with Crippen molar-refractivity contribution in [3.05, 3.63) is 0 Å². The molecule has 104 valence electrons. The van der Waals surface area contributed by atoms with Crippen LogP contribution in [0.1, 0.15) is 6.92 Å². The van der Waals surface area contributed by atoms with E-state index in [1.807, 2.05) is 4.90 Å². The highest BCUT2D eigenvalue weighted by atomic mass is 16.5. The number of hydrogen-bond acceptors (Lipinski definition) is 6. The van der Waals surface area contributed by atoms with Crippen LogP contribution in [-0.4, -0.2) is 74.0 Å². The van der Waals surface area contributed by atoms with Crippen molar-refractivity contribution in [2.24, 2.45) is 0 Å². The van der Waals surface area contributed by atoms with Gasteiger partial charge in [0.1, 0.15) is 6.04 Å². The third-order valence-corrected chi connectivity index (χ3v) is 2.84. The van der Waals surface area contributed by atoms with Crippen LogP contribution in [0.4, 0.5) is 0 Å². The first kappa shape index (κ1) is 14.9. The molecule has 0 saturated carbocycles. The summed E-state index contributed by atoms with van der Waals surface area (Å²) in [6.45, 7) is 3.18. The average molecular weight is 260 g/mol. The van der Waals surface area contributed by atoms with Gasteiger partial charge < -0.3 is 19.9 Å². The Morgan fingerprint density at radius 2 is 2.33 bits per heavy atom. The van der Waals surface area contributed by atoms with Crippen LogP contribution in [0.5, 0.6) is 0 Å². The molecule has 1 amide bonds. The van der Waals surface area contributed by atoms with Crippen molar-refractivity contribution in [1.82, 2.24) is 10.2 Å². The van der Waals surface area contributed by atoms with Crippen LogP contribution in [0.2, 0.25) is 0 Å². The Hall–Kier alpha value is -1.18. The van der Waals surface area contributed by atoms with Crippen LogP contribution in [0.3, 0.4) is 0 Å². The average Bonchev–Trinajstić information content (AvgIpc) is 2.37. The van der Waals surface area contributed by atoms with E-state index in [2.05, 4.69) is 10.1 Å². The summed E-state index contributed by atoms with van der Waals surface area (Å²) in [5.74, 6) is -0.785. The van der Waals surface area contributed by atoms with Crippen molar-refractivity contribution in [1.29, 1.82) is 0 Å². The van der Waals surface area contributed by atoms with Gasteiger partial charge in [0.15, 0.2) is 0 Å². The molecule has 0 aromatic carbocycles. The second-order valence-electron chi connectivity index (χ2n) is 4.18. The minimum atomic E-state index is -0.723. The maximum absolute atomic E-state index is 11.6. The Morgan fingerprint density at radius 3 is 2.89 bits per heavy atom. The number of amides is 1. The van der Waals surface area contributed by atoms with Crippen LogP contribution in [0.15, 0.2) is 0 Å². The summed E-state index contributed by atoms with van der Waals surface area (Å²) in [5.41, 5.74) is 0. The number of ether oxygens (including phenoxy) is 2. The lowest BCUT2D eigenvalue weighted by molar-refractivity contribution is -0.146. The number of nitrogens with zero attached hydrogens (tertiary/aromatic N) is 1. The Bertz CT molecular complexity index is 297. The molecule has 0 spiro atoms. The van der Waals surface area contributed by atoms with Gasteiger partial charge >= 0.3 is 5.97 Å². The Balaban J connectivity index is 2.62. The van der Waals surface area contributed by atoms with Crippen molar-refractivity contribution in [3.63, 3.8) is 0 Å². The van der Waals surface area contributed by atoms with E-state index in [0.717, 1.165) is 0 Å². The van der Waals surface area contributed by atoms with Gasteiger partial charge in [-0.3, -0.25) is 9.69 Å². The van der Waals surface area contributed by atoms with Gasteiger partial charge in [-0.15, -0.1) is 0 Å². The maximum Gasteiger partial charge on any atom is 0.329 e. The summed E-state index contributed by atoms with van der Waals surface area (Å²) in [6, 6.07) is -0.876. The molecule has 0 bridgehead atoms. The lowest BCUT2D eigenvalue weighted by Crippen LogP contribution is -2.55. The van der Waals surface area contributed by atoms with Crippen molar-refractivity contribution in [2.75, 3.05) is 40.0 Å². The summed E-state index contributed by atoms with van der Waals surface area (Å²) in [5, 5.41) is 11.8. The highest BCUT2D eigenvalue weighted by Crippen LogP contribution is 2.07. The van der Waals surface area contributed by atoms with Gasteiger partial charge in [-0.1, -0.05) is 0 Å². The second-order valence-corrected chi connectivity index (χ2v) is 4.18. The molecular weight excluding hydrogens is 240 g/mol. The molecule has 1 aliphatic rings. The smallest absolute Gasteiger partial charge is 0.329 e. The zero-order valence-corrected chi connectivity index (χ0v) is 10.7. The molecule has 0 aromatic heterocycles. The summed E-state index contributed by atoms with van der Waals surface area (Å²) in [7, 11) is 1.28. The van der Waals surface area contributed by atoms with Crippen LogP contribution in [0, 0.1) is 0 Å². The van der Waals surface area contributed by atoms with Gasteiger partial charge in [0.05, 0.1) is 33.0 Å². The molecule has 1 heterocycles. The van der Waals surface area contributed by atoms with Gasteiger partial charge in [-0.2, -0.15) is 0 Å². The van der Waals surface area contributed by atoms with Crippen molar-refractivity contribution >= 4 is 11.9 Å². The first-order valence-corrected chi connectivity index (χ1v) is 5.86. The molecule has 2 N–H and O–H groups in total. The number of carbonyl (C=O) groups excluding carboxylic acids is 2. The SMILES string of the molecule is COC(=O)C(CN1CCOCC1CO)NC(C)=O. The normalized spacial score (nSPS) is 22.3. The molecule has 2 atom stereocenters. The van der Waals surface area contributed by atoms with E-state index in [4.69, 9.17) is 4.74 Å². The van der Waals surface area contributed by atoms with Gasteiger partial charge in [0.2, 0.25) is 5.91 Å². The fraction of sp³-hybridized carbons (Fsp3) is 0.818. The fourth-order valence-corrected chi connectivity index (χ4v) is 1.90. The molecule has 1 saturated heterocycles. The number of aliphatic hydroxyl groups is 1. The number of methoxy groups -OCH3 is 1. The summed E-state index contributed by atoms with van der Waals surface area (Å²) < 4.78 is 9.90. The molecule has 1 rings (SSSR count). The first-order valence-electron chi connectivity index (χ1n) is 5.86. The number of rotatable bonds is 5. The largest absolute Gasteiger partial charge is 0.467 e. The van der Waals surface area contributed by atoms with E-state index in [1.54, 1.807) is 0 Å². The Labute approximate surface area is 106 Å². The van der Waals surface area contributed by atoms with E-state index in [-0.39, 0.29) is 18.6 Å². The zero-order chi connectivity index (χ0) is 13.5. The molecule has 7 nitrogen and oxygen atoms in total. The standard InChI is InChI=1S/C11H20N2O5/c1-8(15)12-10(11(16)17-2)5-13-3-4-18-7-9(13)6-14/h9-10,14H,3-7H2,1-2H3,(H,12,15). The Kier molecular flexibility index (Phi) is 6.03. The van der Waals surface area contributed by atoms with Crippen molar-refractivity contribution in [2.45, 2.75) is 19.0 Å². The molecule has 0 radical (unpaired) electrons. The van der Waals surface area contributed by atoms with Crippen LogP contribution in [0.25, 0.3) is 0 Å². The topological polar surface area (TPSA) is 88.1 Å². The van der Waals surface area contributed by atoms with Gasteiger partial charge in [0.25, 0.3) is 0 Å². The number of esters is 1. The van der Waals surface area contributed by atoms with E-state index < -0.39 is 12.0 Å². The summed E-state index contributed by atoms with van der Waals surface area (Å²) >= 11 is 0. The predicted molar refractivity (Wildman–Crippen MR) is 62.9 cm³/mol. The molecule has 18 heavy (non-hydrogen) atoms. The number of carbonyl (C=O) groups is 2. The van der Waals surface area contributed by atoms with Crippen LogP contribution >= 0.6 is 0 Å². The van der Waals surface area contributed by atoms with Crippen LogP contribution in [-0.2, 0) is 19.1 Å². The minimum absolute atomic E-state index is 0.0477. The zero-order valence-electron chi connectivity index (χ0n) is 10.7. The van der Waals surface area contributed by atoms with Gasteiger partial charge in [-0.05, 0) is 0 Å². The number of nitrogens with one attached hydrogen (secondary N) is 1. The summed E-state index contributed by atoms with van der Waals surface area (Å²) in [6.07, 6.45) is 0. The third-order valence-electron chi connectivity index (χ3n) is 2.84. The minimum Gasteiger partial charge on any atom is -0.467 e. The van der Waals surface area contributed by atoms with Gasteiger partial charge in [-0.25, -0.2) is 4.79 Å². The first-order chi connectivity index (χ1) is 8.58. The van der Waals surface area contributed by atoms with E-state index in [0.29, 0.717) is 26.3 Å². The van der Waals surface area contributed by atoms with E-state index >= 15 is 0 Å². The Morgan fingerprint density at radius 1 is 1.61 bits per heavy atom. The van der Waals surface area contributed by atoms with Crippen LogP contribution < -0.4 is 5.32 Å². The quantitative estimate of drug-likeness (QED) is 0.576. The number of aliphatic hydroxyl groups excluding tert-OH is 1. The lowest BCUT2D eigenvalue weighted by atomic mass is 10.2. The summed E-state index contributed by atoms with van der Waals surface area (Å²) in [4.78, 5) is 24.5. The molecule has 0 aromatic rings. The molecule has 1 aliphatic heterocycles. The van der Waals surface area contributed by atoms with Crippen molar-refractivity contribution in [3.8, 4) is 0 Å². The predicted octanol–water partition coefficient (Wildman–Crippen LogP) is -1.64. The number of morpholine rings is 1. The molecular formula is C11H20N2O5. The molecule has 1 fully saturated rings.